The standard InChI is InChI=1S/C21H21FN2O4S/c1-3-27-17-9-8-14(10-18(17)28-4-2)11-19-20(25)24(21(26)29-19)13-23-16-7-5-6-15(22)12-16/h5-12,23H,3-4,13H2,1-2H3/b19-11-. The summed E-state index contributed by atoms with van der Waals surface area (Å²) >= 11 is 0.861. The Morgan fingerprint density at radius 3 is 2.55 bits per heavy atom. The Balaban J connectivity index is 1.74. The van der Waals surface area contributed by atoms with Crippen LogP contribution in [0.1, 0.15) is 19.4 Å². The molecule has 2 aromatic rings. The molecule has 2 aromatic carbocycles. The summed E-state index contributed by atoms with van der Waals surface area (Å²) in [5.74, 6) is 0.398. The first-order valence-electron chi connectivity index (χ1n) is 9.16. The molecule has 152 valence electrons. The third-order valence-corrected chi connectivity index (χ3v) is 4.91. The average molecular weight is 416 g/mol. The molecule has 8 heteroatoms. The Hall–Kier alpha value is -3.00. The van der Waals surface area contributed by atoms with Crippen LogP contribution in [0.5, 0.6) is 11.5 Å². The van der Waals surface area contributed by atoms with Crippen LogP contribution in [0.25, 0.3) is 6.08 Å². The number of thioether (sulfide) groups is 1. The summed E-state index contributed by atoms with van der Waals surface area (Å²) in [7, 11) is 0. The van der Waals surface area contributed by atoms with Crippen LogP contribution in [0.15, 0.2) is 47.4 Å². The lowest BCUT2D eigenvalue weighted by molar-refractivity contribution is -0.122. The summed E-state index contributed by atoms with van der Waals surface area (Å²) in [6.07, 6.45) is 1.64. The Bertz CT molecular complexity index is 948. The number of anilines is 1. The van der Waals surface area contributed by atoms with Crippen LogP contribution < -0.4 is 14.8 Å². The first-order chi connectivity index (χ1) is 14.0. The number of carbonyl (C=O) groups is 2. The topological polar surface area (TPSA) is 67.9 Å². The number of hydrogen-bond donors (Lipinski definition) is 1. The SMILES string of the molecule is CCOc1ccc(/C=C2\SC(=O)N(CNc3cccc(F)c3)C2=O)cc1OCC. The molecular formula is C21H21FN2O4S. The van der Waals surface area contributed by atoms with Gasteiger partial charge in [-0.3, -0.25) is 14.5 Å². The van der Waals surface area contributed by atoms with E-state index in [1.54, 1.807) is 36.4 Å². The van der Waals surface area contributed by atoms with E-state index in [0.717, 1.165) is 22.2 Å². The lowest BCUT2D eigenvalue weighted by atomic mass is 10.2. The van der Waals surface area contributed by atoms with E-state index in [2.05, 4.69) is 5.32 Å². The van der Waals surface area contributed by atoms with Gasteiger partial charge in [0.05, 0.1) is 24.8 Å². The van der Waals surface area contributed by atoms with Gasteiger partial charge in [-0.05, 0) is 67.6 Å². The van der Waals surface area contributed by atoms with Crippen LogP contribution >= 0.6 is 11.8 Å². The fourth-order valence-electron chi connectivity index (χ4n) is 2.71. The van der Waals surface area contributed by atoms with E-state index in [1.165, 1.54) is 12.1 Å². The summed E-state index contributed by atoms with van der Waals surface area (Å²) in [6, 6.07) is 11.2. The Morgan fingerprint density at radius 1 is 1.07 bits per heavy atom. The second-order valence-electron chi connectivity index (χ2n) is 6.03. The largest absolute Gasteiger partial charge is 0.490 e. The van der Waals surface area contributed by atoms with Gasteiger partial charge in [0, 0.05) is 5.69 Å². The summed E-state index contributed by atoms with van der Waals surface area (Å²) in [5.41, 5.74) is 1.21. The molecule has 1 aliphatic rings. The lowest BCUT2D eigenvalue weighted by Crippen LogP contribution is -2.33. The van der Waals surface area contributed by atoms with Gasteiger partial charge in [0.25, 0.3) is 11.1 Å². The molecule has 0 saturated carbocycles. The van der Waals surface area contributed by atoms with Crippen molar-refractivity contribution in [1.29, 1.82) is 0 Å². The van der Waals surface area contributed by atoms with Gasteiger partial charge in [0.15, 0.2) is 11.5 Å². The van der Waals surface area contributed by atoms with Crippen molar-refractivity contribution in [3.63, 3.8) is 0 Å². The molecule has 1 N–H and O–H groups in total. The fourth-order valence-corrected chi connectivity index (χ4v) is 3.55. The molecular weight excluding hydrogens is 395 g/mol. The Kier molecular flexibility index (Phi) is 6.77. The Morgan fingerprint density at radius 2 is 1.83 bits per heavy atom. The molecule has 1 saturated heterocycles. The van der Waals surface area contributed by atoms with Crippen molar-refractivity contribution in [2.75, 3.05) is 25.2 Å². The minimum absolute atomic E-state index is 0.0427. The van der Waals surface area contributed by atoms with E-state index in [9.17, 15) is 14.0 Å². The highest BCUT2D eigenvalue weighted by atomic mass is 32.2. The summed E-state index contributed by atoms with van der Waals surface area (Å²) in [6.45, 7) is 4.71. The lowest BCUT2D eigenvalue weighted by Gasteiger charge is -2.14. The number of hydrogen-bond acceptors (Lipinski definition) is 6. The van der Waals surface area contributed by atoms with Gasteiger partial charge in [-0.2, -0.15) is 0 Å². The normalized spacial score (nSPS) is 15.1. The predicted molar refractivity (Wildman–Crippen MR) is 111 cm³/mol. The van der Waals surface area contributed by atoms with E-state index in [1.807, 2.05) is 13.8 Å². The van der Waals surface area contributed by atoms with E-state index in [0.29, 0.717) is 35.3 Å². The van der Waals surface area contributed by atoms with Crippen molar-refractivity contribution in [1.82, 2.24) is 4.90 Å². The maximum absolute atomic E-state index is 13.3. The van der Waals surface area contributed by atoms with Gasteiger partial charge in [0.2, 0.25) is 0 Å². The highest BCUT2D eigenvalue weighted by molar-refractivity contribution is 8.18. The van der Waals surface area contributed by atoms with Gasteiger partial charge in [-0.1, -0.05) is 12.1 Å². The summed E-state index contributed by atoms with van der Waals surface area (Å²) < 4.78 is 24.4. The minimum atomic E-state index is -0.407. The molecule has 29 heavy (non-hydrogen) atoms. The summed E-state index contributed by atoms with van der Waals surface area (Å²) in [5, 5.41) is 2.50. The van der Waals surface area contributed by atoms with Crippen LogP contribution in [-0.2, 0) is 4.79 Å². The van der Waals surface area contributed by atoms with Gasteiger partial charge < -0.3 is 14.8 Å². The molecule has 0 radical (unpaired) electrons. The van der Waals surface area contributed by atoms with Crippen LogP contribution in [-0.4, -0.2) is 35.9 Å². The second-order valence-corrected chi connectivity index (χ2v) is 7.02. The number of benzene rings is 2. The molecule has 0 bridgehead atoms. The molecule has 0 aliphatic carbocycles. The molecule has 3 rings (SSSR count). The van der Waals surface area contributed by atoms with E-state index >= 15 is 0 Å². The average Bonchev–Trinajstić information content (AvgIpc) is 2.95. The number of nitrogens with one attached hydrogen (secondary N) is 1. The molecule has 0 unspecified atom stereocenters. The Labute approximate surface area is 172 Å². The van der Waals surface area contributed by atoms with Crippen molar-refractivity contribution < 1.29 is 23.5 Å². The maximum atomic E-state index is 13.3. The van der Waals surface area contributed by atoms with Crippen LogP contribution in [0.4, 0.5) is 14.9 Å². The van der Waals surface area contributed by atoms with Crippen molar-refractivity contribution in [3.8, 4) is 11.5 Å². The van der Waals surface area contributed by atoms with Crippen molar-refractivity contribution >= 4 is 34.7 Å². The number of halogens is 1. The molecule has 2 amide bonds. The van der Waals surface area contributed by atoms with Crippen molar-refractivity contribution in [3.05, 3.63) is 58.8 Å². The molecule has 0 aromatic heterocycles. The molecule has 1 aliphatic heterocycles. The molecule has 0 atom stereocenters. The zero-order valence-corrected chi connectivity index (χ0v) is 16.9. The quantitative estimate of drug-likeness (QED) is 0.628. The number of nitrogens with zero attached hydrogens (tertiary/aromatic N) is 1. The van der Waals surface area contributed by atoms with Crippen molar-refractivity contribution in [2.24, 2.45) is 0 Å². The van der Waals surface area contributed by atoms with Crippen molar-refractivity contribution in [2.45, 2.75) is 13.8 Å². The first-order valence-corrected chi connectivity index (χ1v) is 9.98. The van der Waals surface area contributed by atoms with Crippen LogP contribution in [0.2, 0.25) is 0 Å². The second kappa shape index (κ2) is 9.47. The molecule has 1 heterocycles. The zero-order chi connectivity index (χ0) is 20.8. The third-order valence-electron chi connectivity index (χ3n) is 4.00. The number of imide groups is 1. The maximum Gasteiger partial charge on any atom is 0.295 e. The first kappa shape index (κ1) is 20.7. The number of carbonyl (C=O) groups excluding carboxylic acids is 2. The molecule has 6 nitrogen and oxygen atoms in total. The molecule has 1 fully saturated rings. The van der Waals surface area contributed by atoms with Gasteiger partial charge in [-0.25, -0.2) is 4.39 Å². The number of ether oxygens (including phenoxy) is 2. The van der Waals surface area contributed by atoms with E-state index in [4.69, 9.17) is 9.47 Å². The monoisotopic (exact) mass is 416 g/mol. The highest BCUT2D eigenvalue weighted by Gasteiger charge is 2.34. The number of amides is 2. The van der Waals surface area contributed by atoms with Crippen LogP contribution in [0, 0.1) is 5.82 Å². The third kappa shape index (κ3) is 5.08. The smallest absolute Gasteiger partial charge is 0.295 e. The van der Waals surface area contributed by atoms with Gasteiger partial charge in [-0.15, -0.1) is 0 Å². The molecule has 0 spiro atoms. The fraction of sp³-hybridized carbons (Fsp3) is 0.238. The van der Waals surface area contributed by atoms with Gasteiger partial charge in [0.1, 0.15) is 5.82 Å². The van der Waals surface area contributed by atoms with E-state index < -0.39 is 11.7 Å². The number of rotatable bonds is 8. The van der Waals surface area contributed by atoms with E-state index in [-0.39, 0.29) is 11.9 Å². The predicted octanol–water partition coefficient (Wildman–Crippen LogP) is 4.73. The minimum Gasteiger partial charge on any atom is -0.490 e. The zero-order valence-electron chi connectivity index (χ0n) is 16.1. The van der Waals surface area contributed by atoms with Gasteiger partial charge >= 0.3 is 0 Å². The summed E-state index contributed by atoms with van der Waals surface area (Å²) in [4.78, 5) is 26.3. The van der Waals surface area contributed by atoms with Crippen LogP contribution in [0.3, 0.4) is 0 Å². The highest BCUT2D eigenvalue weighted by Crippen LogP contribution is 2.34.